The number of aliphatic hydroxyl groups excluding tert-OH is 1. The molecule has 0 spiro atoms. The summed E-state index contributed by atoms with van der Waals surface area (Å²) in [6, 6.07) is 10.9. The minimum Gasteiger partial charge on any atom is -0.396 e. The summed E-state index contributed by atoms with van der Waals surface area (Å²) in [4.78, 5) is 2.63. The number of nitrogens with zero attached hydrogens (tertiary/aromatic N) is 1. The van der Waals surface area contributed by atoms with Gasteiger partial charge in [-0.15, -0.1) is 0 Å². The predicted molar refractivity (Wildman–Crippen MR) is 96.5 cm³/mol. The summed E-state index contributed by atoms with van der Waals surface area (Å²) in [5.74, 6) is 0.848. The fraction of sp³-hybridized carbons (Fsp3) is 0.714. The smallest absolute Gasteiger partial charge is 0.0493 e. The molecule has 0 unspecified atom stereocenters. The highest BCUT2D eigenvalue weighted by molar-refractivity contribution is 5.15. The van der Waals surface area contributed by atoms with Gasteiger partial charge in [0.1, 0.15) is 0 Å². The zero-order chi connectivity index (χ0) is 16.3. The maximum Gasteiger partial charge on any atom is 0.0493 e. The Balaban J connectivity index is 1.43. The lowest BCUT2D eigenvalue weighted by Gasteiger charge is -2.56. The van der Waals surface area contributed by atoms with Crippen molar-refractivity contribution < 1.29 is 5.11 Å². The van der Waals surface area contributed by atoms with Crippen LogP contribution in [0.5, 0.6) is 0 Å². The molecule has 128 valence electrons. The molecule has 1 atom stereocenters. The van der Waals surface area contributed by atoms with Gasteiger partial charge in [-0.1, -0.05) is 44.2 Å². The summed E-state index contributed by atoms with van der Waals surface area (Å²) < 4.78 is 0. The number of aliphatic hydroxyl groups is 1. The van der Waals surface area contributed by atoms with Gasteiger partial charge in [-0.3, -0.25) is 0 Å². The molecular formula is C21H33NO. The minimum atomic E-state index is 0.188. The standard InChI is InChI=1S/C21H33NO/c1-20(2)10-11-21(20,17-23)12-15-22-13-8-19(9-14-22)16-18-6-4-3-5-7-18/h3-7,19,23H,8-17H2,1-2H3/t21-/m0/s1. The third-order valence-electron chi connectivity index (χ3n) is 6.95. The van der Waals surface area contributed by atoms with E-state index in [9.17, 15) is 5.11 Å². The van der Waals surface area contributed by atoms with Crippen LogP contribution >= 0.6 is 0 Å². The van der Waals surface area contributed by atoms with Crippen molar-refractivity contribution in [2.75, 3.05) is 26.2 Å². The fourth-order valence-electron chi connectivity index (χ4n) is 4.55. The molecule has 1 saturated carbocycles. The summed E-state index contributed by atoms with van der Waals surface area (Å²) >= 11 is 0. The molecule has 1 aromatic carbocycles. The van der Waals surface area contributed by atoms with Crippen LogP contribution in [0.2, 0.25) is 0 Å². The van der Waals surface area contributed by atoms with E-state index in [1.165, 1.54) is 63.7 Å². The first-order valence-electron chi connectivity index (χ1n) is 9.42. The Kier molecular flexibility index (Phi) is 5.13. The van der Waals surface area contributed by atoms with E-state index in [1.54, 1.807) is 0 Å². The van der Waals surface area contributed by atoms with E-state index in [2.05, 4.69) is 49.1 Å². The minimum absolute atomic E-state index is 0.188. The lowest BCUT2D eigenvalue weighted by molar-refractivity contribution is -0.102. The van der Waals surface area contributed by atoms with Gasteiger partial charge in [0.2, 0.25) is 0 Å². The third kappa shape index (κ3) is 3.64. The van der Waals surface area contributed by atoms with Gasteiger partial charge in [0.25, 0.3) is 0 Å². The highest BCUT2D eigenvalue weighted by Gasteiger charge is 2.51. The summed E-state index contributed by atoms with van der Waals surface area (Å²) in [6.45, 7) is 8.67. The van der Waals surface area contributed by atoms with E-state index in [0.717, 1.165) is 5.92 Å². The van der Waals surface area contributed by atoms with Crippen molar-refractivity contribution in [1.82, 2.24) is 4.90 Å². The fourth-order valence-corrected chi connectivity index (χ4v) is 4.55. The van der Waals surface area contributed by atoms with Gasteiger partial charge in [0.05, 0.1) is 0 Å². The Labute approximate surface area is 141 Å². The first kappa shape index (κ1) is 17.0. The molecule has 0 radical (unpaired) electrons. The van der Waals surface area contributed by atoms with Crippen LogP contribution in [0.1, 0.15) is 51.5 Å². The molecule has 0 aromatic heterocycles. The molecule has 23 heavy (non-hydrogen) atoms. The van der Waals surface area contributed by atoms with Crippen LogP contribution in [0.4, 0.5) is 0 Å². The van der Waals surface area contributed by atoms with E-state index >= 15 is 0 Å². The van der Waals surface area contributed by atoms with Crippen LogP contribution in [-0.2, 0) is 6.42 Å². The van der Waals surface area contributed by atoms with Crippen LogP contribution in [-0.4, -0.2) is 36.2 Å². The molecule has 1 N–H and O–H groups in total. The second-order valence-corrected chi connectivity index (χ2v) is 8.55. The maximum absolute atomic E-state index is 9.89. The molecule has 1 saturated heterocycles. The number of benzene rings is 1. The number of hydrogen-bond donors (Lipinski definition) is 1. The molecular weight excluding hydrogens is 282 g/mol. The monoisotopic (exact) mass is 315 g/mol. The van der Waals surface area contributed by atoms with Crippen molar-refractivity contribution in [2.45, 2.75) is 52.4 Å². The Hall–Kier alpha value is -0.860. The SMILES string of the molecule is CC1(C)CC[C@@]1(CO)CCN1CCC(Cc2ccccc2)CC1. The van der Waals surface area contributed by atoms with E-state index in [1.807, 2.05) is 0 Å². The van der Waals surface area contributed by atoms with Crippen LogP contribution in [0.15, 0.2) is 30.3 Å². The van der Waals surface area contributed by atoms with Crippen molar-refractivity contribution in [3.05, 3.63) is 35.9 Å². The number of rotatable bonds is 6. The van der Waals surface area contributed by atoms with Gasteiger partial charge >= 0.3 is 0 Å². The normalized spacial score (nSPS) is 28.5. The Morgan fingerprint density at radius 2 is 1.78 bits per heavy atom. The predicted octanol–water partition coefficient (Wildman–Crippen LogP) is 4.13. The van der Waals surface area contributed by atoms with Gasteiger partial charge in [-0.05, 0) is 80.5 Å². The van der Waals surface area contributed by atoms with Crippen LogP contribution in [0.3, 0.4) is 0 Å². The molecule has 0 bridgehead atoms. The van der Waals surface area contributed by atoms with Gasteiger partial charge in [0.15, 0.2) is 0 Å². The molecule has 2 fully saturated rings. The lowest BCUT2D eigenvalue weighted by Crippen LogP contribution is -2.52. The molecule has 2 aliphatic rings. The molecule has 3 rings (SSSR count). The van der Waals surface area contributed by atoms with Crippen LogP contribution < -0.4 is 0 Å². The maximum atomic E-state index is 9.89. The second kappa shape index (κ2) is 6.94. The summed E-state index contributed by atoms with van der Waals surface area (Å²) in [7, 11) is 0. The van der Waals surface area contributed by atoms with Gasteiger partial charge in [-0.25, -0.2) is 0 Å². The zero-order valence-corrected chi connectivity index (χ0v) is 14.9. The van der Waals surface area contributed by atoms with Crippen LogP contribution in [0.25, 0.3) is 0 Å². The molecule has 1 aliphatic carbocycles. The Bertz CT molecular complexity index is 486. The summed E-state index contributed by atoms with van der Waals surface area (Å²) in [5, 5.41) is 9.89. The Morgan fingerprint density at radius 1 is 1.09 bits per heavy atom. The van der Waals surface area contributed by atoms with Crippen molar-refractivity contribution >= 4 is 0 Å². The first-order chi connectivity index (χ1) is 11.0. The first-order valence-corrected chi connectivity index (χ1v) is 9.42. The largest absolute Gasteiger partial charge is 0.396 e. The zero-order valence-electron chi connectivity index (χ0n) is 14.9. The van der Waals surface area contributed by atoms with Gasteiger partial charge < -0.3 is 10.0 Å². The number of likely N-dealkylation sites (tertiary alicyclic amines) is 1. The van der Waals surface area contributed by atoms with Crippen molar-refractivity contribution in [1.29, 1.82) is 0 Å². The highest BCUT2D eigenvalue weighted by atomic mass is 16.3. The topological polar surface area (TPSA) is 23.5 Å². The molecule has 1 aromatic rings. The van der Waals surface area contributed by atoms with E-state index in [0.29, 0.717) is 12.0 Å². The second-order valence-electron chi connectivity index (χ2n) is 8.55. The van der Waals surface area contributed by atoms with Crippen molar-refractivity contribution in [2.24, 2.45) is 16.7 Å². The molecule has 1 aliphatic heterocycles. The average Bonchev–Trinajstić information content (AvgIpc) is 2.57. The average molecular weight is 316 g/mol. The third-order valence-corrected chi connectivity index (χ3v) is 6.95. The summed E-state index contributed by atoms with van der Waals surface area (Å²) in [5.41, 5.74) is 2.00. The van der Waals surface area contributed by atoms with Gasteiger partial charge in [-0.2, -0.15) is 0 Å². The number of hydrogen-bond acceptors (Lipinski definition) is 2. The molecule has 2 nitrogen and oxygen atoms in total. The van der Waals surface area contributed by atoms with E-state index < -0.39 is 0 Å². The Morgan fingerprint density at radius 3 is 2.30 bits per heavy atom. The van der Waals surface area contributed by atoms with Gasteiger partial charge in [0, 0.05) is 6.61 Å². The molecule has 2 heteroatoms. The van der Waals surface area contributed by atoms with Crippen LogP contribution in [0, 0.1) is 16.7 Å². The summed E-state index contributed by atoms with van der Waals surface area (Å²) in [6.07, 6.45) is 7.53. The highest BCUT2D eigenvalue weighted by Crippen LogP contribution is 2.58. The van der Waals surface area contributed by atoms with E-state index in [-0.39, 0.29) is 5.41 Å². The van der Waals surface area contributed by atoms with E-state index in [4.69, 9.17) is 0 Å². The van der Waals surface area contributed by atoms with Crippen molar-refractivity contribution in [3.63, 3.8) is 0 Å². The molecule has 1 heterocycles. The number of piperidine rings is 1. The van der Waals surface area contributed by atoms with Crippen molar-refractivity contribution in [3.8, 4) is 0 Å². The molecule has 0 amide bonds. The lowest BCUT2D eigenvalue weighted by atomic mass is 9.50. The quantitative estimate of drug-likeness (QED) is 0.853.